The number of rotatable bonds is 2. The Morgan fingerprint density at radius 2 is 1.88 bits per heavy atom. The predicted molar refractivity (Wildman–Crippen MR) is 66.3 cm³/mol. The summed E-state index contributed by atoms with van der Waals surface area (Å²) in [6.45, 7) is 1.10. The van der Waals surface area contributed by atoms with Crippen molar-refractivity contribution in [3.05, 3.63) is 34.3 Å². The summed E-state index contributed by atoms with van der Waals surface area (Å²) in [5, 5.41) is 2.97. The normalized spacial score (nSPS) is 20.6. The quantitative estimate of drug-likeness (QED) is 0.880. The molecule has 1 atom stereocenters. The number of benzene rings is 1. The number of alkyl halides is 2. The molecule has 0 bridgehead atoms. The van der Waals surface area contributed by atoms with Gasteiger partial charge in [0.15, 0.2) is 0 Å². The molecule has 0 aliphatic carbocycles. The smallest absolute Gasteiger partial charge is 0.277 e. The summed E-state index contributed by atoms with van der Waals surface area (Å²) < 4.78 is 28.7. The van der Waals surface area contributed by atoms with Crippen molar-refractivity contribution in [2.24, 2.45) is 5.92 Å². The molecule has 1 aliphatic heterocycles. The zero-order valence-corrected chi connectivity index (χ0v) is 11.0. The molecular formula is C11H13BrClF2N. The molecule has 5 heteroatoms. The van der Waals surface area contributed by atoms with E-state index in [9.17, 15) is 8.78 Å². The van der Waals surface area contributed by atoms with Gasteiger partial charge in [0.2, 0.25) is 0 Å². The third-order valence-electron chi connectivity index (χ3n) is 2.80. The highest BCUT2D eigenvalue weighted by Gasteiger charge is 2.42. The Labute approximate surface area is 108 Å². The molecule has 1 nitrogen and oxygen atoms in total. The van der Waals surface area contributed by atoms with Crippen LogP contribution < -0.4 is 5.32 Å². The molecule has 0 saturated carbocycles. The van der Waals surface area contributed by atoms with E-state index in [0.717, 1.165) is 4.47 Å². The van der Waals surface area contributed by atoms with Crippen LogP contribution in [0.3, 0.4) is 0 Å². The topological polar surface area (TPSA) is 12.0 Å². The van der Waals surface area contributed by atoms with Gasteiger partial charge in [0, 0.05) is 22.5 Å². The molecule has 2 rings (SSSR count). The van der Waals surface area contributed by atoms with E-state index in [2.05, 4.69) is 21.2 Å². The standard InChI is InChI=1S/C11H12BrF2N.ClH/c12-10-3-1-8(2-4-10)11(13,14)9-5-6-15-7-9;/h1-4,9,15H,5-7H2;1H. The van der Waals surface area contributed by atoms with E-state index >= 15 is 0 Å². The van der Waals surface area contributed by atoms with Gasteiger partial charge in [0.25, 0.3) is 5.92 Å². The van der Waals surface area contributed by atoms with Crippen LogP contribution >= 0.6 is 28.3 Å². The molecule has 1 N–H and O–H groups in total. The average molecular weight is 313 g/mol. The third kappa shape index (κ3) is 2.73. The number of hydrogen-bond acceptors (Lipinski definition) is 1. The molecule has 1 aromatic carbocycles. The molecule has 1 aromatic rings. The largest absolute Gasteiger partial charge is 0.316 e. The molecule has 1 heterocycles. The first-order valence-electron chi connectivity index (χ1n) is 4.95. The van der Waals surface area contributed by atoms with Crippen LogP contribution in [0.25, 0.3) is 0 Å². The van der Waals surface area contributed by atoms with Gasteiger partial charge in [-0.2, -0.15) is 0 Å². The van der Waals surface area contributed by atoms with Gasteiger partial charge < -0.3 is 5.32 Å². The van der Waals surface area contributed by atoms with Gasteiger partial charge in [-0.15, -0.1) is 12.4 Å². The Morgan fingerprint density at radius 1 is 1.25 bits per heavy atom. The highest BCUT2D eigenvalue weighted by molar-refractivity contribution is 9.10. The number of hydrogen-bond donors (Lipinski definition) is 1. The minimum Gasteiger partial charge on any atom is -0.316 e. The minimum atomic E-state index is -2.72. The molecule has 16 heavy (non-hydrogen) atoms. The van der Waals surface area contributed by atoms with E-state index in [-0.39, 0.29) is 18.0 Å². The molecule has 1 fully saturated rings. The molecule has 0 aromatic heterocycles. The Bertz CT molecular complexity index is 336. The van der Waals surface area contributed by atoms with Gasteiger partial charge in [-0.3, -0.25) is 0 Å². The molecule has 0 amide bonds. The maximum atomic E-state index is 13.9. The molecule has 1 aliphatic rings. The number of nitrogens with one attached hydrogen (secondary N) is 1. The molecular weight excluding hydrogens is 299 g/mol. The summed E-state index contributed by atoms with van der Waals surface area (Å²) in [6, 6.07) is 6.29. The highest BCUT2D eigenvalue weighted by atomic mass is 79.9. The van der Waals surface area contributed by atoms with E-state index in [1.165, 1.54) is 12.1 Å². The number of halogens is 4. The Hall–Kier alpha value is -0.190. The monoisotopic (exact) mass is 311 g/mol. The summed E-state index contributed by atoms with van der Waals surface area (Å²) in [4.78, 5) is 0. The summed E-state index contributed by atoms with van der Waals surface area (Å²) in [6.07, 6.45) is 0.545. The van der Waals surface area contributed by atoms with Crippen molar-refractivity contribution in [3.8, 4) is 0 Å². The van der Waals surface area contributed by atoms with Crippen LogP contribution in [-0.4, -0.2) is 13.1 Å². The molecule has 0 radical (unpaired) electrons. The third-order valence-corrected chi connectivity index (χ3v) is 3.33. The van der Waals surface area contributed by atoms with Crippen molar-refractivity contribution in [2.45, 2.75) is 12.3 Å². The van der Waals surface area contributed by atoms with Crippen LogP contribution in [0.1, 0.15) is 12.0 Å². The Morgan fingerprint density at radius 3 is 2.38 bits per heavy atom. The van der Waals surface area contributed by atoms with Crippen LogP contribution in [0.4, 0.5) is 8.78 Å². The van der Waals surface area contributed by atoms with Gasteiger partial charge in [-0.05, 0) is 25.1 Å². The maximum absolute atomic E-state index is 13.9. The van der Waals surface area contributed by atoms with Gasteiger partial charge in [0.1, 0.15) is 0 Å². The molecule has 1 saturated heterocycles. The minimum absolute atomic E-state index is 0. The Kier molecular flexibility index (Phi) is 4.71. The van der Waals surface area contributed by atoms with E-state index < -0.39 is 11.8 Å². The van der Waals surface area contributed by atoms with E-state index in [0.29, 0.717) is 19.5 Å². The fourth-order valence-electron chi connectivity index (χ4n) is 1.87. The molecule has 90 valence electrons. The first-order chi connectivity index (χ1) is 7.10. The van der Waals surface area contributed by atoms with Crippen molar-refractivity contribution < 1.29 is 8.78 Å². The fourth-order valence-corrected chi connectivity index (χ4v) is 2.14. The lowest BCUT2D eigenvalue weighted by molar-refractivity contribution is -0.0575. The lowest BCUT2D eigenvalue weighted by Crippen LogP contribution is -2.27. The summed E-state index contributed by atoms with van der Waals surface area (Å²) in [7, 11) is 0. The second-order valence-corrected chi connectivity index (χ2v) is 4.74. The van der Waals surface area contributed by atoms with Crippen LogP contribution in [0.15, 0.2) is 28.7 Å². The van der Waals surface area contributed by atoms with Crippen molar-refractivity contribution in [1.29, 1.82) is 0 Å². The molecule has 0 spiro atoms. The van der Waals surface area contributed by atoms with E-state index in [1.54, 1.807) is 12.1 Å². The van der Waals surface area contributed by atoms with E-state index in [1.807, 2.05) is 0 Å². The molecule has 1 unspecified atom stereocenters. The summed E-state index contributed by atoms with van der Waals surface area (Å²) in [5.41, 5.74) is 0.111. The van der Waals surface area contributed by atoms with Crippen molar-refractivity contribution in [2.75, 3.05) is 13.1 Å². The average Bonchev–Trinajstić information content (AvgIpc) is 2.71. The first-order valence-corrected chi connectivity index (χ1v) is 5.74. The summed E-state index contributed by atoms with van der Waals surface area (Å²) in [5.74, 6) is -3.29. The second kappa shape index (κ2) is 5.43. The maximum Gasteiger partial charge on any atom is 0.277 e. The van der Waals surface area contributed by atoms with Gasteiger partial charge in [-0.25, -0.2) is 8.78 Å². The highest BCUT2D eigenvalue weighted by Crippen LogP contribution is 2.39. The lowest BCUT2D eigenvalue weighted by atomic mass is 9.94. The van der Waals surface area contributed by atoms with Crippen molar-refractivity contribution in [3.63, 3.8) is 0 Å². The predicted octanol–water partition coefficient (Wildman–Crippen LogP) is 3.57. The van der Waals surface area contributed by atoms with Crippen LogP contribution in [0.2, 0.25) is 0 Å². The Balaban J connectivity index is 0.00000128. The van der Waals surface area contributed by atoms with Crippen molar-refractivity contribution >= 4 is 28.3 Å². The first kappa shape index (κ1) is 13.9. The zero-order valence-electron chi connectivity index (χ0n) is 8.55. The van der Waals surface area contributed by atoms with Gasteiger partial charge >= 0.3 is 0 Å². The van der Waals surface area contributed by atoms with Crippen LogP contribution in [0.5, 0.6) is 0 Å². The lowest BCUT2D eigenvalue weighted by Gasteiger charge is -2.22. The summed E-state index contributed by atoms with van der Waals surface area (Å²) >= 11 is 3.24. The van der Waals surface area contributed by atoms with Crippen LogP contribution in [-0.2, 0) is 5.92 Å². The fraction of sp³-hybridized carbons (Fsp3) is 0.455. The van der Waals surface area contributed by atoms with Gasteiger partial charge in [0.05, 0.1) is 0 Å². The van der Waals surface area contributed by atoms with E-state index in [4.69, 9.17) is 0 Å². The SMILES string of the molecule is Cl.FC(F)(c1ccc(Br)cc1)C1CCNC1. The second-order valence-electron chi connectivity index (χ2n) is 3.82. The van der Waals surface area contributed by atoms with Crippen molar-refractivity contribution in [1.82, 2.24) is 5.32 Å². The zero-order chi connectivity index (χ0) is 10.9. The van der Waals surface area contributed by atoms with Gasteiger partial charge in [-0.1, -0.05) is 28.1 Å². The van der Waals surface area contributed by atoms with Crippen LogP contribution in [0, 0.1) is 5.92 Å².